The van der Waals surface area contributed by atoms with E-state index in [0.717, 1.165) is 0 Å². The third-order valence-electron chi connectivity index (χ3n) is 1.50. The molecular weight excluding hydrogens is 251 g/mol. The molecule has 0 bridgehead atoms. The smallest absolute Gasteiger partial charge is 0.352 e. The first-order valence-electron chi connectivity index (χ1n) is 4.50. The molecule has 0 rings (SSSR count). The maximum absolute atomic E-state index is 12.4. The summed E-state index contributed by atoms with van der Waals surface area (Å²) in [4.78, 5) is 21.4. The van der Waals surface area contributed by atoms with E-state index < -0.39 is 30.5 Å². The fourth-order valence-electron chi connectivity index (χ4n) is 0.773. The van der Waals surface area contributed by atoms with Crippen LogP contribution in [-0.4, -0.2) is 36.5 Å². The van der Waals surface area contributed by atoms with Crippen LogP contribution in [0.25, 0.3) is 0 Å². The van der Waals surface area contributed by atoms with Crippen LogP contribution in [0.15, 0.2) is 0 Å². The van der Waals surface area contributed by atoms with Crippen molar-refractivity contribution in [2.75, 3.05) is 6.54 Å². The zero-order valence-electron chi connectivity index (χ0n) is 8.99. The van der Waals surface area contributed by atoms with Crippen LogP contribution in [0.1, 0.15) is 13.8 Å². The number of alkyl halides is 5. The lowest BCUT2D eigenvalue weighted by Crippen LogP contribution is -2.52. The van der Waals surface area contributed by atoms with Crippen molar-refractivity contribution < 1.29 is 31.5 Å². The topological polar surface area (TPSA) is 58.2 Å². The maximum Gasteiger partial charge on any atom is 0.463 e. The van der Waals surface area contributed by atoms with Gasteiger partial charge in [0, 0.05) is 6.04 Å². The molecule has 100 valence electrons. The molecule has 0 aliphatic rings. The van der Waals surface area contributed by atoms with Gasteiger partial charge in [-0.05, 0) is 13.8 Å². The molecule has 0 aromatic heterocycles. The lowest BCUT2D eigenvalue weighted by atomic mass is 10.3. The summed E-state index contributed by atoms with van der Waals surface area (Å²) in [6.07, 6.45) is -5.98. The number of carbonyl (C=O) groups is 2. The van der Waals surface area contributed by atoms with E-state index in [-0.39, 0.29) is 6.04 Å². The molecule has 0 atom stereocenters. The van der Waals surface area contributed by atoms with Crippen molar-refractivity contribution in [2.24, 2.45) is 0 Å². The van der Waals surface area contributed by atoms with Crippen molar-refractivity contribution in [1.82, 2.24) is 10.6 Å². The lowest BCUT2D eigenvalue weighted by Gasteiger charge is -2.18. The standard InChI is InChI=1S/C8H11F5N2O2/c1-4(2)15-5(16)3-14-6(17)7(9,10)8(11,12)13/h4H,3H2,1-2H3,(H,14,17)(H,15,16). The number of hydrogen-bond acceptors (Lipinski definition) is 2. The summed E-state index contributed by atoms with van der Waals surface area (Å²) in [5.74, 6) is -8.92. The normalized spacial score (nSPS) is 12.5. The van der Waals surface area contributed by atoms with Gasteiger partial charge < -0.3 is 10.6 Å². The molecule has 0 aliphatic carbocycles. The monoisotopic (exact) mass is 262 g/mol. The molecule has 0 saturated heterocycles. The molecule has 2 N–H and O–H groups in total. The molecule has 0 aliphatic heterocycles. The van der Waals surface area contributed by atoms with Gasteiger partial charge in [0.2, 0.25) is 5.91 Å². The molecule has 0 spiro atoms. The van der Waals surface area contributed by atoms with Crippen LogP contribution in [0.5, 0.6) is 0 Å². The largest absolute Gasteiger partial charge is 0.463 e. The molecule has 0 saturated carbocycles. The van der Waals surface area contributed by atoms with Crippen molar-refractivity contribution in [3.8, 4) is 0 Å². The Bertz CT molecular complexity index is 301. The molecule has 4 nitrogen and oxygen atoms in total. The van der Waals surface area contributed by atoms with Crippen LogP contribution in [0.3, 0.4) is 0 Å². The average molecular weight is 262 g/mol. The van der Waals surface area contributed by atoms with Crippen molar-refractivity contribution in [3.05, 3.63) is 0 Å². The molecule has 0 fully saturated rings. The van der Waals surface area contributed by atoms with Gasteiger partial charge in [-0.3, -0.25) is 9.59 Å². The number of halogens is 5. The highest BCUT2D eigenvalue weighted by atomic mass is 19.4. The Hall–Kier alpha value is -1.41. The van der Waals surface area contributed by atoms with E-state index >= 15 is 0 Å². The maximum atomic E-state index is 12.4. The van der Waals surface area contributed by atoms with Crippen molar-refractivity contribution in [3.63, 3.8) is 0 Å². The van der Waals surface area contributed by atoms with E-state index in [1.54, 1.807) is 13.8 Å². The SMILES string of the molecule is CC(C)NC(=O)CNC(=O)C(F)(F)C(F)(F)F. The third-order valence-corrected chi connectivity index (χ3v) is 1.50. The Morgan fingerprint density at radius 1 is 1.12 bits per heavy atom. The fraction of sp³-hybridized carbons (Fsp3) is 0.750. The van der Waals surface area contributed by atoms with E-state index in [0.29, 0.717) is 0 Å². The molecule has 0 radical (unpaired) electrons. The predicted molar refractivity (Wildman–Crippen MR) is 47.3 cm³/mol. The number of nitrogens with one attached hydrogen (secondary N) is 2. The van der Waals surface area contributed by atoms with Crippen LogP contribution in [0, 0.1) is 0 Å². The van der Waals surface area contributed by atoms with Gasteiger partial charge in [-0.15, -0.1) is 0 Å². The second-order valence-electron chi connectivity index (χ2n) is 3.48. The van der Waals surface area contributed by atoms with Crippen molar-refractivity contribution in [2.45, 2.75) is 32.0 Å². The lowest BCUT2D eigenvalue weighted by molar-refractivity contribution is -0.269. The second-order valence-corrected chi connectivity index (χ2v) is 3.48. The highest BCUT2D eigenvalue weighted by Gasteiger charge is 2.63. The molecule has 17 heavy (non-hydrogen) atoms. The number of amides is 2. The Kier molecular flexibility index (Phi) is 4.84. The Labute approximate surface area is 93.5 Å². The van der Waals surface area contributed by atoms with Crippen LogP contribution in [0.2, 0.25) is 0 Å². The highest BCUT2D eigenvalue weighted by molar-refractivity contribution is 5.89. The predicted octanol–water partition coefficient (Wildman–Crippen LogP) is 0.825. The summed E-state index contributed by atoms with van der Waals surface area (Å²) in [6.45, 7) is 2.18. The summed E-state index contributed by atoms with van der Waals surface area (Å²) in [5.41, 5.74) is 0. The van der Waals surface area contributed by atoms with Gasteiger partial charge >= 0.3 is 18.0 Å². The van der Waals surface area contributed by atoms with Crippen molar-refractivity contribution in [1.29, 1.82) is 0 Å². The summed E-state index contributed by atoms with van der Waals surface area (Å²) in [6, 6.07) is -0.317. The van der Waals surface area contributed by atoms with Crippen LogP contribution >= 0.6 is 0 Å². The summed E-state index contributed by atoms with van der Waals surface area (Å²) in [7, 11) is 0. The van der Waals surface area contributed by atoms with Crippen LogP contribution in [-0.2, 0) is 9.59 Å². The van der Waals surface area contributed by atoms with E-state index in [4.69, 9.17) is 0 Å². The fourth-order valence-corrected chi connectivity index (χ4v) is 0.773. The van der Waals surface area contributed by atoms with Gasteiger partial charge in [0.1, 0.15) is 0 Å². The minimum Gasteiger partial charge on any atom is -0.352 e. The molecule has 2 amide bonds. The first-order valence-corrected chi connectivity index (χ1v) is 4.50. The van der Waals surface area contributed by atoms with Gasteiger partial charge in [0.25, 0.3) is 0 Å². The quantitative estimate of drug-likeness (QED) is 0.737. The number of hydrogen-bond donors (Lipinski definition) is 2. The summed E-state index contributed by atoms with van der Waals surface area (Å²) in [5, 5.41) is 3.42. The molecule has 0 aromatic carbocycles. The van der Waals surface area contributed by atoms with Gasteiger partial charge in [-0.25, -0.2) is 0 Å². The van der Waals surface area contributed by atoms with E-state index in [1.807, 2.05) is 0 Å². The van der Waals surface area contributed by atoms with Crippen LogP contribution < -0.4 is 10.6 Å². The Balaban J connectivity index is 4.33. The molecular formula is C8H11F5N2O2. The Morgan fingerprint density at radius 2 is 1.59 bits per heavy atom. The van der Waals surface area contributed by atoms with Crippen molar-refractivity contribution >= 4 is 11.8 Å². The first kappa shape index (κ1) is 15.6. The van der Waals surface area contributed by atoms with E-state index in [2.05, 4.69) is 5.32 Å². The van der Waals surface area contributed by atoms with E-state index in [1.165, 1.54) is 5.32 Å². The molecule has 9 heteroatoms. The van der Waals surface area contributed by atoms with Gasteiger partial charge in [0.05, 0.1) is 6.54 Å². The molecule has 0 heterocycles. The van der Waals surface area contributed by atoms with Crippen LogP contribution in [0.4, 0.5) is 22.0 Å². The molecule has 0 aromatic rings. The van der Waals surface area contributed by atoms with Gasteiger partial charge in [0.15, 0.2) is 0 Å². The minimum absolute atomic E-state index is 0.317. The second kappa shape index (κ2) is 5.28. The third kappa shape index (κ3) is 4.53. The van der Waals surface area contributed by atoms with Gasteiger partial charge in [-0.1, -0.05) is 0 Å². The Morgan fingerprint density at radius 3 is 1.94 bits per heavy atom. The summed E-state index contributed by atoms with van der Waals surface area (Å²) < 4.78 is 59.9. The highest BCUT2D eigenvalue weighted by Crippen LogP contribution is 2.35. The van der Waals surface area contributed by atoms with E-state index in [9.17, 15) is 31.5 Å². The van der Waals surface area contributed by atoms with Gasteiger partial charge in [-0.2, -0.15) is 22.0 Å². The number of carbonyl (C=O) groups excluding carboxylic acids is 2. The number of rotatable bonds is 4. The first-order chi connectivity index (χ1) is 7.48. The zero-order valence-corrected chi connectivity index (χ0v) is 8.99. The minimum atomic E-state index is -5.98. The summed E-state index contributed by atoms with van der Waals surface area (Å²) >= 11 is 0. The molecule has 0 unspecified atom stereocenters. The average Bonchev–Trinajstić information content (AvgIpc) is 2.10. The zero-order chi connectivity index (χ0) is 13.9.